The summed E-state index contributed by atoms with van der Waals surface area (Å²) < 4.78 is 25.3. The molecule has 0 N–H and O–H groups in total. The summed E-state index contributed by atoms with van der Waals surface area (Å²) >= 11 is 0. The third-order valence-electron chi connectivity index (χ3n) is 5.51. The predicted molar refractivity (Wildman–Crippen MR) is 137 cm³/mol. The van der Waals surface area contributed by atoms with Crippen LogP contribution in [0.1, 0.15) is 16.8 Å². The number of nitrogens with zero attached hydrogens (tertiary/aromatic N) is 2. The molecule has 2 heterocycles. The summed E-state index contributed by atoms with van der Waals surface area (Å²) in [4.78, 5) is 8.75. The van der Waals surface area contributed by atoms with Gasteiger partial charge >= 0.3 is 0 Å². The van der Waals surface area contributed by atoms with Crippen molar-refractivity contribution < 1.29 is 13.9 Å². The number of rotatable bonds is 8. The third-order valence-corrected chi connectivity index (χ3v) is 5.51. The van der Waals surface area contributed by atoms with Crippen LogP contribution >= 0.6 is 0 Å². The Labute approximate surface area is 203 Å². The van der Waals surface area contributed by atoms with E-state index in [0.717, 1.165) is 39.0 Å². The van der Waals surface area contributed by atoms with E-state index in [9.17, 15) is 4.39 Å². The van der Waals surface area contributed by atoms with E-state index >= 15 is 0 Å². The number of benzene rings is 3. The van der Waals surface area contributed by atoms with Gasteiger partial charge in [-0.1, -0.05) is 48.5 Å². The Kier molecular flexibility index (Phi) is 6.76. The van der Waals surface area contributed by atoms with Crippen LogP contribution < -0.4 is 9.47 Å². The lowest BCUT2D eigenvalue weighted by molar-refractivity contribution is 0.302. The van der Waals surface area contributed by atoms with Gasteiger partial charge in [0.2, 0.25) is 0 Å². The molecule has 0 amide bonds. The number of para-hydroxylation sites is 1. The highest BCUT2D eigenvalue weighted by Gasteiger charge is 2.07. The molecule has 0 spiro atoms. The zero-order chi connectivity index (χ0) is 23.9. The molecule has 0 bridgehead atoms. The van der Waals surface area contributed by atoms with E-state index in [2.05, 4.69) is 16.0 Å². The second kappa shape index (κ2) is 10.6. The van der Waals surface area contributed by atoms with Crippen molar-refractivity contribution in [3.8, 4) is 11.5 Å². The Morgan fingerprint density at radius 1 is 0.771 bits per heavy atom. The number of ether oxygens (including phenoxy) is 2. The fraction of sp³-hybridized carbons (Fsp3) is 0.0667. The first-order valence-corrected chi connectivity index (χ1v) is 11.3. The molecule has 0 unspecified atom stereocenters. The van der Waals surface area contributed by atoms with Crippen molar-refractivity contribution in [2.75, 3.05) is 6.61 Å². The molecule has 4 nitrogen and oxygen atoms in total. The van der Waals surface area contributed by atoms with E-state index in [1.54, 1.807) is 24.5 Å². The predicted octanol–water partition coefficient (Wildman–Crippen LogP) is 6.97. The lowest BCUT2D eigenvalue weighted by Crippen LogP contribution is -2.02. The number of halogens is 1. The van der Waals surface area contributed by atoms with E-state index < -0.39 is 0 Å². The first-order valence-electron chi connectivity index (χ1n) is 11.3. The molecule has 5 aromatic rings. The summed E-state index contributed by atoms with van der Waals surface area (Å²) in [7, 11) is 0. The van der Waals surface area contributed by atoms with Crippen LogP contribution in [-0.2, 0) is 6.61 Å². The number of hydrogen-bond acceptors (Lipinski definition) is 4. The highest BCUT2D eigenvalue weighted by atomic mass is 19.1. The molecule has 0 saturated carbocycles. The summed E-state index contributed by atoms with van der Waals surface area (Å²) in [5.74, 6) is 1.16. The van der Waals surface area contributed by atoms with E-state index in [1.807, 2.05) is 72.8 Å². The topological polar surface area (TPSA) is 44.2 Å². The van der Waals surface area contributed by atoms with Gasteiger partial charge in [0.15, 0.2) is 0 Å². The molecule has 2 aromatic heterocycles. The highest BCUT2D eigenvalue weighted by Crippen LogP contribution is 2.24. The van der Waals surface area contributed by atoms with Gasteiger partial charge in [0, 0.05) is 11.6 Å². The number of pyridine rings is 2. The van der Waals surface area contributed by atoms with Crippen LogP contribution in [0, 0.1) is 5.82 Å². The minimum atomic E-state index is -0.266. The molecule has 172 valence electrons. The number of aromatic nitrogens is 2. The summed E-state index contributed by atoms with van der Waals surface area (Å²) in [6.07, 6.45) is 5.37. The van der Waals surface area contributed by atoms with Crippen molar-refractivity contribution in [1.29, 1.82) is 0 Å². The summed E-state index contributed by atoms with van der Waals surface area (Å²) in [6.45, 7) is 0.719. The van der Waals surface area contributed by atoms with Gasteiger partial charge in [0.1, 0.15) is 30.5 Å². The summed E-state index contributed by atoms with van der Waals surface area (Å²) in [5, 5.41) is 1.11. The summed E-state index contributed by atoms with van der Waals surface area (Å²) in [5.41, 5.74) is 4.64. The minimum absolute atomic E-state index is 0.266. The molecule has 0 aliphatic rings. The maximum Gasteiger partial charge on any atom is 0.138 e. The average Bonchev–Trinajstić information content (AvgIpc) is 2.92. The van der Waals surface area contributed by atoms with Gasteiger partial charge in [-0.25, -0.2) is 9.37 Å². The van der Waals surface area contributed by atoms with E-state index in [0.29, 0.717) is 19.0 Å². The van der Waals surface area contributed by atoms with Crippen LogP contribution in [0.3, 0.4) is 0 Å². The Bertz CT molecular complexity index is 1430. The quantitative estimate of drug-likeness (QED) is 0.234. The zero-order valence-electron chi connectivity index (χ0n) is 19.0. The van der Waals surface area contributed by atoms with Crippen molar-refractivity contribution in [2.45, 2.75) is 6.61 Å². The molecule has 0 radical (unpaired) electrons. The van der Waals surface area contributed by atoms with Gasteiger partial charge in [0.05, 0.1) is 17.4 Å². The van der Waals surface area contributed by atoms with Crippen molar-refractivity contribution in [1.82, 2.24) is 9.97 Å². The Hall–Kier alpha value is -4.51. The average molecular weight is 463 g/mol. The van der Waals surface area contributed by atoms with Gasteiger partial charge in [-0.15, -0.1) is 0 Å². The number of hydrogen-bond donors (Lipinski definition) is 0. The maximum atomic E-state index is 13.4. The van der Waals surface area contributed by atoms with E-state index in [-0.39, 0.29) is 5.82 Å². The minimum Gasteiger partial charge on any atom is -0.487 e. The lowest BCUT2D eigenvalue weighted by Gasteiger charge is -2.12. The van der Waals surface area contributed by atoms with Crippen LogP contribution in [-0.4, -0.2) is 16.6 Å². The third kappa shape index (κ3) is 5.89. The van der Waals surface area contributed by atoms with Crippen LogP contribution in [0.5, 0.6) is 11.5 Å². The van der Waals surface area contributed by atoms with Crippen molar-refractivity contribution in [2.24, 2.45) is 0 Å². The molecule has 35 heavy (non-hydrogen) atoms. The van der Waals surface area contributed by atoms with Gasteiger partial charge in [0.25, 0.3) is 0 Å². The molecule has 0 aliphatic heterocycles. The highest BCUT2D eigenvalue weighted by molar-refractivity contribution is 5.82. The fourth-order valence-corrected chi connectivity index (χ4v) is 3.67. The van der Waals surface area contributed by atoms with Crippen LogP contribution in [0.2, 0.25) is 0 Å². The van der Waals surface area contributed by atoms with Crippen LogP contribution in [0.25, 0.3) is 22.6 Å². The van der Waals surface area contributed by atoms with Gasteiger partial charge in [-0.05, 0) is 71.3 Å². The van der Waals surface area contributed by atoms with Gasteiger partial charge in [-0.3, -0.25) is 4.98 Å². The van der Waals surface area contributed by atoms with Crippen LogP contribution in [0.4, 0.5) is 4.39 Å². The molecule has 3 aromatic carbocycles. The van der Waals surface area contributed by atoms with Crippen molar-refractivity contribution in [3.63, 3.8) is 0 Å². The van der Waals surface area contributed by atoms with Crippen molar-refractivity contribution in [3.05, 3.63) is 132 Å². The maximum absolute atomic E-state index is 13.4. The van der Waals surface area contributed by atoms with Gasteiger partial charge in [-0.2, -0.15) is 0 Å². The zero-order valence-corrected chi connectivity index (χ0v) is 19.0. The normalized spacial score (nSPS) is 11.4. The molecular formula is C30H23FN2O2. The SMILES string of the molecule is Fc1ccc(/C=C(/COc2cccnc2)c2ccc(OCc3ccc4ccccc4n3)cc2)cc1. The Morgan fingerprint density at radius 2 is 1.60 bits per heavy atom. The standard InChI is InChI=1S/C30H23FN2O2/c31-26-12-7-22(8-13-26)18-25(20-34-29-5-3-17-32-19-29)23-10-15-28(16-11-23)35-21-27-14-9-24-4-1-2-6-30(24)33-27/h1-19H,20-21H2/b25-18-. The molecule has 0 fully saturated rings. The first-order chi connectivity index (χ1) is 17.2. The smallest absolute Gasteiger partial charge is 0.138 e. The summed E-state index contributed by atoms with van der Waals surface area (Å²) in [6, 6.07) is 30.0. The Balaban J connectivity index is 1.32. The molecule has 0 atom stereocenters. The molecule has 5 heteroatoms. The van der Waals surface area contributed by atoms with Crippen LogP contribution in [0.15, 0.2) is 109 Å². The molecule has 0 aliphatic carbocycles. The van der Waals surface area contributed by atoms with Gasteiger partial charge < -0.3 is 9.47 Å². The Morgan fingerprint density at radius 3 is 2.40 bits per heavy atom. The molecular weight excluding hydrogens is 439 g/mol. The van der Waals surface area contributed by atoms with Crippen molar-refractivity contribution >= 4 is 22.6 Å². The van der Waals surface area contributed by atoms with E-state index in [1.165, 1.54) is 12.1 Å². The molecule has 0 saturated heterocycles. The first kappa shape index (κ1) is 22.3. The second-order valence-electron chi connectivity index (χ2n) is 8.01. The lowest BCUT2D eigenvalue weighted by atomic mass is 10.0. The fourth-order valence-electron chi connectivity index (χ4n) is 3.67. The second-order valence-corrected chi connectivity index (χ2v) is 8.01. The van der Waals surface area contributed by atoms with E-state index in [4.69, 9.17) is 9.47 Å². The number of fused-ring (bicyclic) bond motifs is 1. The molecule has 5 rings (SSSR count). The largest absolute Gasteiger partial charge is 0.487 e. The monoisotopic (exact) mass is 462 g/mol.